The van der Waals surface area contributed by atoms with Crippen LogP contribution in [0.1, 0.15) is 52.9 Å². The van der Waals surface area contributed by atoms with Crippen molar-refractivity contribution in [3.8, 4) is 0 Å². The molecule has 0 aromatic rings. The van der Waals surface area contributed by atoms with Gasteiger partial charge in [-0.2, -0.15) is 0 Å². The molecule has 2 rings (SSSR count). The highest BCUT2D eigenvalue weighted by Gasteiger charge is 2.35. The fourth-order valence-corrected chi connectivity index (χ4v) is 3.76. The largest absolute Gasteiger partial charge is 0.297 e. The van der Waals surface area contributed by atoms with Crippen molar-refractivity contribution in [2.24, 2.45) is 15.8 Å². The molecule has 0 radical (unpaired) electrons. The summed E-state index contributed by atoms with van der Waals surface area (Å²) in [4.78, 5) is 4.37. The Balaban J connectivity index is 2.23. The van der Waals surface area contributed by atoms with E-state index in [0.717, 1.165) is 49.8 Å². The Hall–Kier alpha value is -1.44. The van der Waals surface area contributed by atoms with E-state index < -0.39 is 0 Å². The predicted octanol–water partition coefficient (Wildman–Crippen LogP) is 5.96. The molecule has 0 bridgehead atoms. The van der Waals surface area contributed by atoms with Gasteiger partial charge >= 0.3 is 0 Å². The molecule has 1 atom stereocenters. The third-order valence-electron chi connectivity index (χ3n) is 4.89. The number of hydrogen-bond donors (Lipinski definition) is 0. The first kappa shape index (κ1) is 16.9. The standard InChI is InChI=1S/C20H28FN/c1-15(2)13-20(8-10-22-11-9-20)14-16(3)18-12-17(21)6-7-19(18,4)5/h6,10,12H,1,3,7-9,11,13-14H2,2,4-5H3. The molecular weight excluding hydrogens is 273 g/mol. The van der Waals surface area contributed by atoms with E-state index in [4.69, 9.17) is 0 Å². The summed E-state index contributed by atoms with van der Waals surface area (Å²) in [6.45, 7) is 15.7. The molecule has 0 spiro atoms. The first-order chi connectivity index (χ1) is 10.2. The molecule has 1 aliphatic carbocycles. The van der Waals surface area contributed by atoms with Gasteiger partial charge in [0.05, 0.1) is 0 Å². The van der Waals surface area contributed by atoms with Crippen LogP contribution in [0.3, 0.4) is 0 Å². The average Bonchev–Trinajstić information content (AvgIpc) is 2.41. The van der Waals surface area contributed by atoms with Crippen LogP contribution in [0.2, 0.25) is 0 Å². The van der Waals surface area contributed by atoms with Crippen molar-refractivity contribution in [2.75, 3.05) is 6.54 Å². The zero-order valence-electron chi connectivity index (χ0n) is 14.2. The normalized spacial score (nSPS) is 27.1. The Morgan fingerprint density at radius 1 is 1.27 bits per heavy atom. The Kier molecular flexibility index (Phi) is 4.89. The Morgan fingerprint density at radius 2 is 2.00 bits per heavy atom. The van der Waals surface area contributed by atoms with E-state index in [0.29, 0.717) is 0 Å². The predicted molar refractivity (Wildman–Crippen MR) is 93.9 cm³/mol. The van der Waals surface area contributed by atoms with Crippen LogP contribution in [-0.2, 0) is 0 Å². The third kappa shape index (κ3) is 3.85. The Morgan fingerprint density at radius 3 is 2.59 bits per heavy atom. The second kappa shape index (κ2) is 6.36. The van der Waals surface area contributed by atoms with Crippen LogP contribution in [0, 0.1) is 10.8 Å². The lowest BCUT2D eigenvalue weighted by Crippen LogP contribution is -2.28. The first-order valence-corrected chi connectivity index (χ1v) is 8.13. The van der Waals surface area contributed by atoms with Gasteiger partial charge in [-0.3, -0.25) is 4.99 Å². The zero-order valence-corrected chi connectivity index (χ0v) is 14.2. The summed E-state index contributed by atoms with van der Waals surface area (Å²) in [5.41, 5.74) is 3.45. The highest BCUT2D eigenvalue weighted by Crippen LogP contribution is 2.47. The number of rotatable bonds is 5. The maximum absolute atomic E-state index is 13.7. The molecule has 1 heterocycles. The minimum atomic E-state index is -0.130. The van der Waals surface area contributed by atoms with Gasteiger partial charge in [0.1, 0.15) is 5.83 Å². The van der Waals surface area contributed by atoms with E-state index in [2.05, 4.69) is 38.9 Å². The summed E-state index contributed by atoms with van der Waals surface area (Å²) in [7, 11) is 0. The van der Waals surface area contributed by atoms with Crippen LogP contribution in [0.5, 0.6) is 0 Å². The number of hydrogen-bond acceptors (Lipinski definition) is 1. The molecule has 120 valence electrons. The molecule has 2 heteroatoms. The van der Waals surface area contributed by atoms with Crippen molar-refractivity contribution >= 4 is 6.21 Å². The van der Waals surface area contributed by atoms with E-state index >= 15 is 0 Å². The van der Waals surface area contributed by atoms with Crippen LogP contribution >= 0.6 is 0 Å². The second-order valence-corrected chi connectivity index (χ2v) is 7.69. The van der Waals surface area contributed by atoms with E-state index in [1.54, 1.807) is 12.2 Å². The van der Waals surface area contributed by atoms with Gasteiger partial charge in [0.15, 0.2) is 0 Å². The molecule has 0 aromatic heterocycles. The number of nitrogens with zero attached hydrogens (tertiary/aromatic N) is 1. The highest BCUT2D eigenvalue weighted by atomic mass is 19.1. The lowest BCUT2D eigenvalue weighted by Gasteiger charge is -2.39. The van der Waals surface area contributed by atoms with Crippen molar-refractivity contribution in [3.05, 3.63) is 47.9 Å². The van der Waals surface area contributed by atoms with E-state index in [1.807, 2.05) is 6.21 Å². The number of aliphatic imine (C=N–C) groups is 1. The minimum absolute atomic E-state index is 0.0418. The monoisotopic (exact) mass is 301 g/mol. The molecule has 1 unspecified atom stereocenters. The fourth-order valence-electron chi connectivity index (χ4n) is 3.76. The van der Waals surface area contributed by atoms with Gasteiger partial charge in [-0.05, 0) is 73.8 Å². The van der Waals surface area contributed by atoms with Gasteiger partial charge in [-0.15, -0.1) is 6.58 Å². The van der Waals surface area contributed by atoms with Crippen LogP contribution in [0.15, 0.2) is 52.8 Å². The van der Waals surface area contributed by atoms with Gasteiger partial charge < -0.3 is 0 Å². The number of allylic oxidation sites excluding steroid dienone is 6. The van der Waals surface area contributed by atoms with Gasteiger partial charge in [-0.25, -0.2) is 4.39 Å². The zero-order chi connectivity index (χ0) is 16.4. The molecule has 2 aliphatic rings. The van der Waals surface area contributed by atoms with E-state index in [1.165, 1.54) is 5.57 Å². The average molecular weight is 301 g/mol. The highest BCUT2D eigenvalue weighted by molar-refractivity contribution is 5.60. The fraction of sp³-hybridized carbons (Fsp3) is 0.550. The van der Waals surface area contributed by atoms with Gasteiger partial charge in [0, 0.05) is 6.54 Å². The lowest BCUT2D eigenvalue weighted by atomic mass is 9.67. The van der Waals surface area contributed by atoms with Crippen LogP contribution in [0.4, 0.5) is 4.39 Å². The quantitative estimate of drug-likeness (QED) is 0.556. The van der Waals surface area contributed by atoms with Gasteiger partial charge in [0.25, 0.3) is 0 Å². The summed E-state index contributed by atoms with van der Waals surface area (Å²) in [6, 6.07) is 0. The molecule has 0 saturated heterocycles. The summed E-state index contributed by atoms with van der Waals surface area (Å²) in [5.74, 6) is -0.130. The maximum Gasteiger partial charge on any atom is 0.119 e. The lowest BCUT2D eigenvalue weighted by molar-refractivity contribution is 0.264. The molecule has 1 nitrogen and oxygen atoms in total. The van der Waals surface area contributed by atoms with Crippen molar-refractivity contribution < 1.29 is 4.39 Å². The molecule has 0 amide bonds. The SMILES string of the molecule is C=C(C)CC1(CC(=C)C2=CC(F)=CCC2(C)C)CC=NCC1. The van der Waals surface area contributed by atoms with E-state index in [-0.39, 0.29) is 16.7 Å². The minimum Gasteiger partial charge on any atom is -0.297 e. The smallest absolute Gasteiger partial charge is 0.119 e. The molecule has 0 N–H and O–H groups in total. The van der Waals surface area contributed by atoms with Gasteiger partial charge in [0.2, 0.25) is 0 Å². The molecule has 1 aliphatic heterocycles. The molecule has 0 aromatic carbocycles. The molecule has 0 saturated carbocycles. The van der Waals surface area contributed by atoms with Crippen LogP contribution < -0.4 is 0 Å². The molecule has 0 fully saturated rings. The Bertz CT molecular complexity index is 562. The second-order valence-electron chi connectivity index (χ2n) is 7.69. The summed E-state index contributed by atoms with van der Waals surface area (Å²) >= 11 is 0. The summed E-state index contributed by atoms with van der Waals surface area (Å²) < 4.78 is 13.7. The van der Waals surface area contributed by atoms with Crippen molar-refractivity contribution in [1.29, 1.82) is 0 Å². The van der Waals surface area contributed by atoms with Gasteiger partial charge in [-0.1, -0.05) is 31.6 Å². The maximum atomic E-state index is 13.7. The molecule has 22 heavy (non-hydrogen) atoms. The summed E-state index contributed by atoms with van der Waals surface area (Å²) in [5, 5.41) is 0. The first-order valence-electron chi connectivity index (χ1n) is 8.13. The topological polar surface area (TPSA) is 12.4 Å². The van der Waals surface area contributed by atoms with Crippen LogP contribution in [-0.4, -0.2) is 12.8 Å². The number of halogens is 1. The van der Waals surface area contributed by atoms with E-state index in [9.17, 15) is 4.39 Å². The summed E-state index contributed by atoms with van der Waals surface area (Å²) in [6.07, 6.45) is 10.0. The van der Waals surface area contributed by atoms with Crippen molar-refractivity contribution in [3.63, 3.8) is 0 Å². The third-order valence-corrected chi connectivity index (χ3v) is 4.89. The van der Waals surface area contributed by atoms with Crippen molar-refractivity contribution in [1.82, 2.24) is 0 Å². The Labute approximate surface area is 134 Å². The molecular formula is C20H28FN. The van der Waals surface area contributed by atoms with Crippen molar-refractivity contribution in [2.45, 2.75) is 52.9 Å². The van der Waals surface area contributed by atoms with Crippen LogP contribution in [0.25, 0.3) is 0 Å².